The lowest BCUT2D eigenvalue weighted by Crippen LogP contribution is -2.04. The Hall–Kier alpha value is -2.69. The van der Waals surface area contributed by atoms with E-state index in [9.17, 15) is 0 Å². The average Bonchev–Trinajstić information content (AvgIpc) is 2.90. The second-order valence-corrected chi connectivity index (χ2v) is 4.65. The first kappa shape index (κ1) is 12.3. The fraction of sp³-hybridized carbons (Fsp3) is 0.133. The Morgan fingerprint density at radius 1 is 1.15 bits per heavy atom. The van der Waals surface area contributed by atoms with E-state index in [-0.39, 0.29) is 0 Å². The van der Waals surface area contributed by atoms with Crippen molar-refractivity contribution in [1.29, 1.82) is 0 Å². The minimum Gasteiger partial charge on any atom is -0.383 e. The summed E-state index contributed by atoms with van der Waals surface area (Å²) < 4.78 is 2.05. The van der Waals surface area contributed by atoms with E-state index < -0.39 is 0 Å². The largest absolute Gasteiger partial charge is 0.383 e. The monoisotopic (exact) mass is 265 g/mol. The van der Waals surface area contributed by atoms with Gasteiger partial charge >= 0.3 is 0 Å². The van der Waals surface area contributed by atoms with Gasteiger partial charge in [-0.25, -0.2) is 9.97 Å². The van der Waals surface area contributed by atoms with Gasteiger partial charge in [0.2, 0.25) is 0 Å². The molecule has 100 valence electrons. The molecule has 3 heterocycles. The van der Waals surface area contributed by atoms with Crippen molar-refractivity contribution in [3.05, 3.63) is 60.4 Å². The maximum atomic E-state index is 5.94. The molecule has 0 unspecified atom stereocenters. The Labute approximate surface area is 117 Å². The van der Waals surface area contributed by atoms with E-state index in [4.69, 9.17) is 5.73 Å². The third-order valence-electron chi connectivity index (χ3n) is 3.31. The highest BCUT2D eigenvalue weighted by atomic mass is 15.0. The first-order valence-electron chi connectivity index (χ1n) is 6.36. The van der Waals surface area contributed by atoms with Crippen molar-refractivity contribution in [2.75, 3.05) is 5.73 Å². The first-order valence-corrected chi connectivity index (χ1v) is 6.36. The van der Waals surface area contributed by atoms with Crippen molar-refractivity contribution in [3.8, 4) is 11.3 Å². The number of anilines is 1. The molecule has 0 fully saturated rings. The summed E-state index contributed by atoms with van der Waals surface area (Å²) in [6, 6.07) is 5.83. The van der Waals surface area contributed by atoms with Crippen molar-refractivity contribution in [2.45, 2.75) is 13.5 Å². The van der Waals surface area contributed by atoms with Crippen molar-refractivity contribution in [3.63, 3.8) is 0 Å². The van der Waals surface area contributed by atoms with E-state index in [0.717, 1.165) is 16.8 Å². The minimum atomic E-state index is 0.511. The second-order valence-electron chi connectivity index (χ2n) is 4.65. The molecule has 0 aliphatic carbocycles. The number of nitrogen functional groups attached to an aromatic ring is 1. The van der Waals surface area contributed by atoms with Crippen molar-refractivity contribution >= 4 is 5.82 Å². The number of hydrogen-bond acceptors (Lipinski definition) is 4. The molecule has 0 aliphatic heterocycles. The Morgan fingerprint density at radius 3 is 2.85 bits per heavy atom. The molecule has 3 aromatic rings. The molecule has 0 aliphatic rings. The van der Waals surface area contributed by atoms with Gasteiger partial charge in [0.15, 0.2) is 0 Å². The molecule has 0 amide bonds. The summed E-state index contributed by atoms with van der Waals surface area (Å²) in [7, 11) is 0. The van der Waals surface area contributed by atoms with Crippen LogP contribution in [0.15, 0.2) is 49.3 Å². The summed E-state index contributed by atoms with van der Waals surface area (Å²) in [5, 5.41) is 0. The minimum absolute atomic E-state index is 0.511. The molecule has 0 bridgehead atoms. The molecule has 0 spiro atoms. The second kappa shape index (κ2) is 5.13. The lowest BCUT2D eigenvalue weighted by molar-refractivity contribution is 0.794. The Morgan fingerprint density at radius 2 is 2.05 bits per heavy atom. The Kier molecular flexibility index (Phi) is 3.16. The smallest absolute Gasteiger partial charge is 0.132 e. The standard InChI is InChI=1S/C15H15N5/c1-11-4-6-17-7-12(11)9-20-10-18-8-14(20)13-3-2-5-19-15(13)16/h2-8,10H,9H2,1H3,(H2,16,19). The van der Waals surface area contributed by atoms with Gasteiger partial charge in [0, 0.05) is 24.2 Å². The molecular formula is C15H15N5. The van der Waals surface area contributed by atoms with E-state index in [1.54, 1.807) is 24.9 Å². The number of pyridine rings is 2. The van der Waals surface area contributed by atoms with Crippen LogP contribution >= 0.6 is 0 Å². The van der Waals surface area contributed by atoms with E-state index in [0.29, 0.717) is 12.4 Å². The third kappa shape index (κ3) is 2.25. The zero-order valence-corrected chi connectivity index (χ0v) is 11.2. The maximum Gasteiger partial charge on any atom is 0.132 e. The van der Waals surface area contributed by atoms with Crippen LogP contribution in [0.1, 0.15) is 11.1 Å². The third-order valence-corrected chi connectivity index (χ3v) is 3.31. The average molecular weight is 265 g/mol. The number of aromatic nitrogens is 4. The summed E-state index contributed by atoms with van der Waals surface area (Å²) in [6.45, 7) is 2.79. The Bertz CT molecular complexity index is 732. The zero-order valence-electron chi connectivity index (χ0n) is 11.2. The molecular weight excluding hydrogens is 250 g/mol. The fourth-order valence-electron chi connectivity index (χ4n) is 2.15. The molecule has 20 heavy (non-hydrogen) atoms. The quantitative estimate of drug-likeness (QED) is 0.788. The molecule has 3 rings (SSSR count). The topological polar surface area (TPSA) is 69.6 Å². The predicted octanol–water partition coefficient (Wildman–Crippen LogP) is 2.28. The van der Waals surface area contributed by atoms with Crippen LogP contribution in [0.25, 0.3) is 11.3 Å². The van der Waals surface area contributed by atoms with Gasteiger partial charge in [-0.15, -0.1) is 0 Å². The molecule has 0 atom stereocenters. The van der Waals surface area contributed by atoms with E-state index in [2.05, 4.69) is 26.4 Å². The van der Waals surface area contributed by atoms with Crippen LogP contribution in [0.2, 0.25) is 0 Å². The van der Waals surface area contributed by atoms with Gasteiger partial charge in [-0.3, -0.25) is 4.98 Å². The van der Waals surface area contributed by atoms with Gasteiger partial charge in [-0.2, -0.15) is 0 Å². The van der Waals surface area contributed by atoms with Crippen molar-refractivity contribution < 1.29 is 0 Å². The van der Waals surface area contributed by atoms with Crippen LogP contribution in [-0.4, -0.2) is 19.5 Å². The lowest BCUT2D eigenvalue weighted by atomic mass is 10.1. The fourth-order valence-corrected chi connectivity index (χ4v) is 2.15. The molecule has 0 aromatic carbocycles. The van der Waals surface area contributed by atoms with Gasteiger partial charge in [0.1, 0.15) is 5.82 Å². The zero-order chi connectivity index (χ0) is 13.9. The summed E-state index contributed by atoms with van der Waals surface area (Å²) in [4.78, 5) is 12.5. The highest BCUT2D eigenvalue weighted by Crippen LogP contribution is 2.24. The lowest BCUT2D eigenvalue weighted by Gasteiger charge is -2.11. The highest BCUT2D eigenvalue weighted by Gasteiger charge is 2.10. The molecule has 5 nitrogen and oxygen atoms in total. The molecule has 0 saturated carbocycles. The molecule has 2 N–H and O–H groups in total. The van der Waals surface area contributed by atoms with Crippen molar-refractivity contribution in [2.24, 2.45) is 0 Å². The van der Waals surface area contributed by atoms with Crippen LogP contribution < -0.4 is 5.73 Å². The van der Waals surface area contributed by atoms with Gasteiger partial charge in [-0.1, -0.05) is 0 Å². The number of rotatable bonds is 3. The summed E-state index contributed by atoms with van der Waals surface area (Å²) in [5.74, 6) is 0.511. The van der Waals surface area contributed by atoms with Crippen LogP contribution in [-0.2, 0) is 6.54 Å². The molecule has 0 saturated heterocycles. The number of aryl methyl sites for hydroxylation is 1. The van der Waals surface area contributed by atoms with Gasteiger partial charge in [0.25, 0.3) is 0 Å². The van der Waals surface area contributed by atoms with Gasteiger partial charge in [0.05, 0.1) is 24.8 Å². The van der Waals surface area contributed by atoms with Crippen molar-refractivity contribution in [1.82, 2.24) is 19.5 Å². The number of nitrogens with zero attached hydrogens (tertiary/aromatic N) is 4. The van der Waals surface area contributed by atoms with E-state index >= 15 is 0 Å². The first-order chi connectivity index (χ1) is 9.75. The molecule has 0 radical (unpaired) electrons. The summed E-state index contributed by atoms with van der Waals surface area (Å²) in [5.41, 5.74) is 10.2. The molecule has 3 aromatic heterocycles. The van der Waals surface area contributed by atoms with Crippen LogP contribution in [0.5, 0.6) is 0 Å². The maximum absolute atomic E-state index is 5.94. The van der Waals surface area contributed by atoms with Gasteiger partial charge < -0.3 is 10.3 Å². The van der Waals surface area contributed by atoms with E-state index in [1.807, 2.05) is 24.4 Å². The van der Waals surface area contributed by atoms with Gasteiger partial charge in [-0.05, 0) is 36.2 Å². The van der Waals surface area contributed by atoms with Crippen LogP contribution in [0.3, 0.4) is 0 Å². The SMILES string of the molecule is Cc1ccncc1Cn1cncc1-c1cccnc1N. The number of imidazole rings is 1. The number of nitrogens with two attached hydrogens (primary N) is 1. The summed E-state index contributed by atoms with van der Waals surface area (Å²) >= 11 is 0. The van der Waals surface area contributed by atoms with Crippen LogP contribution in [0.4, 0.5) is 5.82 Å². The Balaban J connectivity index is 2.00. The van der Waals surface area contributed by atoms with Crippen LogP contribution in [0, 0.1) is 6.92 Å². The molecule has 5 heteroatoms. The normalized spacial score (nSPS) is 10.7. The van der Waals surface area contributed by atoms with E-state index in [1.165, 1.54) is 5.56 Å². The predicted molar refractivity (Wildman–Crippen MR) is 77.9 cm³/mol. The summed E-state index contributed by atoms with van der Waals surface area (Å²) in [6.07, 6.45) is 8.97. The highest BCUT2D eigenvalue weighted by molar-refractivity contribution is 5.70. The number of hydrogen-bond donors (Lipinski definition) is 1.